The molecule has 3 aliphatic rings. The molecule has 1 aliphatic carbocycles. The summed E-state index contributed by atoms with van der Waals surface area (Å²) in [7, 11) is 0. The second kappa shape index (κ2) is 7.31. The highest BCUT2D eigenvalue weighted by Gasteiger charge is 2.22. The van der Waals surface area contributed by atoms with E-state index in [2.05, 4.69) is 10.2 Å². The molecule has 6 nitrogen and oxygen atoms in total. The first kappa shape index (κ1) is 18.4. The van der Waals surface area contributed by atoms with Crippen LogP contribution < -0.4 is 15.6 Å². The van der Waals surface area contributed by atoms with Gasteiger partial charge in [-0.2, -0.15) is 0 Å². The number of benzene rings is 3. The van der Waals surface area contributed by atoms with E-state index >= 15 is 0 Å². The van der Waals surface area contributed by atoms with Crippen molar-refractivity contribution in [3.63, 3.8) is 0 Å². The molecule has 5 rings (SSSR count). The van der Waals surface area contributed by atoms with Crippen molar-refractivity contribution in [2.45, 2.75) is 0 Å². The number of aromatic carboxylic acids is 1. The average molecular weight is 400 g/mol. The summed E-state index contributed by atoms with van der Waals surface area (Å²) in [6.07, 6.45) is 0. The van der Waals surface area contributed by atoms with Crippen LogP contribution in [0.1, 0.15) is 10.4 Å². The summed E-state index contributed by atoms with van der Waals surface area (Å²) in [5.74, 6) is -0.548. The van der Waals surface area contributed by atoms with Crippen molar-refractivity contribution in [1.29, 1.82) is 0 Å². The number of nitrogens with zero attached hydrogens (tertiary/aromatic N) is 1. The van der Waals surface area contributed by atoms with Gasteiger partial charge in [0.25, 0.3) is 0 Å². The van der Waals surface area contributed by atoms with Gasteiger partial charge in [0.2, 0.25) is 0 Å². The van der Waals surface area contributed by atoms with Crippen molar-refractivity contribution in [1.82, 2.24) is 5.32 Å². The second-order valence-electron chi connectivity index (χ2n) is 7.40. The van der Waals surface area contributed by atoms with Crippen molar-refractivity contribution in [3.8, 4) is 22.5 Å². The molecule has 2 aliphatic heterocycles. The third kappa shape index (κ3) is 3.11. The molecule has 1 fully saturated rings. The van der Waals surface area contributed by atoms with Gasteiger partial charge in [-0.1, -0.05) is 18.2 Å². The van der Waals surface area contributed by atoms with Crippen LogP contribution in [0.4, 0.5) is 5.69 Å². The maximum Gasteiger partial charge on any atom is 0.336 e. The largest absolute Gasteiger partial charge is 0.478 e. The number of piperazine rings is 1. The predicted octanol–water partition coefficient (Wildman–Crippen LogP) is 3.67. The summed E-state index contributed by atoms with van der Waals surface area (Å²) in [4.78, 5) is 26.2. The molecule has 0 unspecified atom stereocenters. The standard InChI is InChI=1S/C24H20N2O4/c27-16-6-8-20-22(14-16)30-21-13-15(26-11-9-25-10-12-26)5-7-19(21)23(20)17-3-1-2-4-18(17)24(28)29/h1-8,13-14,25H,9-12H2,(H,28,29). The molecule has 0 spiro atoms. The predicted molar refractivity (Wildman–Crippen MR) is 117 cm³/mol. The number of hydrogen-bond donors (Lipinski definition) is 2. The van der Waals surface area contributed by atoms with E-state index in [9.17, 15) is 14.7 Å². The van der Waals surface area contributed by atoms with Gasteiger partial charge in [0.05, 0.1) is 5.56 Å². The van der Waals surface area contributed by atoms with Crippen LogP contribution in [0.25, 0.3) is 33.4 Å². The zero-order chi connectivity index (χ0) is 20.7. The molecule has 2 heterocycles. The number of nitrogens with one attached hydrogen (secondary N) is 1. The first-order valence-corrected chi connectivity index (χ1v) is 9.91. The van der Waals surface area contributed by atoms with Gasteiger partial charge in [0.15, 0.2) is 5.43 Å². The molecule has 150 valence electrons. The van der Waals surface area contributed by atoms with Crippen LogP contribution in [0.5, 0.6) is 0 Å². The van der Waals surface area contributed by atoms with Crippen LogP contribution in [0.15, 0.2) is 69.9 Å². The van der Waals surface area contributed by atoms with Crippen molar-refractivity contribution in [2.24, 2.45) is 0 Å². The molecule has 1 saturated heterocycles. The number of carboxylic acid groups (broad SMARTS) is 1. The number of anilines is 1. The molecule has 0 radical (unpaired) electrons. The van der Waals surface area contributed by atoms with E-state index in [0.717, 1.165) is 42.8 Å². The fourth-order valence-corrected chi connectivity index (χ4v) is 4.16. The van der Waals surface area contributed by atoms with E-state index in [1.165, 1.54) is 12.1 Å². The van der Waals surface area contributed by atoms with E-state index in [1.54, 1.807) is 24.3 Å². The fourth-order valence-electron chi connectivity index (χ4n) is 4.16. The van der Waals surface area contributed by atoms with Crippen LogP contribution in [0, 0.1) is 0 Å². The van der Waals surface area contributed by atoms with E-state index in [-0.39, 0.29) is 11.0 Å². The molecule has 2 aromatic rings. The second-order valence-corrected chi connectivity index (χ2v) is 7.40. The minimum atomic E-state index is -0.995. The lowest BCUT2D eigenvalue weighted by Crippen LogP contribution is -2.43. The zero-order valence-corrected chi connectivity index (χ0v) is 16.2. The number of carboxylic acids is 1. The van der Waals surface area contributed by atoms with E-state index in [0.29, 0.717) is 22.5 Å². The summed E-state index contributed by atoms with van der Waals surface area (Å²) in [6.45, 7) is 3.64. The maximum atomic E-state index is 12.0. The molecule has 0 amide bonds. The third-order valence-corrected chi connectivity index (χ3v) is 5.59. The Balaban J connectivity index is 1.82. The van der Waals surface area contributed by atoms with Crippen molar-refractivity contribution >= 4 is 22.6 Å². The smallest absolute Gasteiger partial charge is 0.336 e. The lowest BCUT2D eigenvalue weighted by molar-refractivity contribution is 0.0697. The number of rotatable bonds is 3. The Bertz CT molecular complexity index is 1290. The van der Waals surface area contributed by atoms with Gasteiger partial charge in [-0.05, 0) is 35.9 Å². The molecular formula is C24H20N2O4. The molecule has 0 aromatic heterocycles. The highest BCUT2D eigenvalue weighted by Crippen LogP contribution is 2.42. The van der Waals surface area contributed by atoms with E-state index < -0.39 is 5.97 Å². The van der Waals surface area contributed by atoms with Crippen molar-refractivity contribution in [2.75, 3.05) is 31.1 Å². The highest BCUT2D eigenvalue weighted by atomic mass is 16.4. The van der Waals surface area contributed by atoms with Gasteiger partial charge in [-0.3, -0.25) is 4.79 Å². The summed E-state index contributed by atoms with van der Waals surface area (Å²) in [5.41, 5.74) is 3.80. The zero-order valence-electron chi connectivity index (χ0n) is 16.2. The molecule has 2 aromatic carbocycles. The summed E-state index contributed by atoms with van der Waals surface area (Å²) in [6, 6.07) is 17.6. The minimum absolute atomic E-state index is 0.152. The number of hydrogen-bond acceptors (Lipinski definition) is 5. The molecule has 6 heteroatoms. The molecule has 2 N–H and O–H groups in total. The van der Waals surface area contributed by atoms with E-state index in [4.69, 9.17) is 4.42 Å². The van der Waals surface area contributed by atoms with Crippen LogP contribution in [0.2, 0.25) is 0 Å². The van der Waals surface area contributed by atoms with Crippen LogP contribution >= 0.6 is 0 Å². The van der Waals surface area contributed by atoms with Crippen LogP contribution in [-0.2, 0) is 0 Å². The summed E-state index contributed by atoms with van der Waals surface area (Å²) < 4.78 is 6.13. The Hall–Kier alpha value is -3.64. The topological polar surface area (TPSA) is 82.8 Å². The molecule has 0 saturated carbocycles. The number of fused-ring (bicyclic) bond motifs is 2. The van der Waals surface area contributed by atoms with Crippen LogP contribution in [-0.4, -0.2) is 37.3 Å². The van der Waals surface area contributed by atoms with Gasteiger partial charge < -0.3 is 19.7 Å². The van der Waals surface area contributed by atoms with Gasteiger partial charge >= 0.3 is 5.97 Å². The monoisotopic (exact) mass is 400 g/mol. The highest BCUT2D eigenvalue weighted by molar-refractivity contribution is 6.07. The van der Waals surface area contributed by atoms with Crippen molar-refractivity contribution < 1.29 is 14.3 Å². The first-order valence-electron chi connectivity index (χ1n) is 9.91. The van der Waals surface area contributed by atoms with Gasteiger partial charge in [0.1, 0.15) is 11.3 Å². The van der Waals surface area contributed by atoms with Gasteiger partial charge in [0, 0.05) is 60.5 Å². The molecular weight excluding hydrogens is 380 g/mol. The summed E-state index contributed by atoms with van der Waals surface area (Å²) in [5, 5.41) is 13.9. The Morgan fingerprint density at radius 3 is 2.57 bits per heavy atom. The average Bonchev–Trinajstić information content (AvgIpc) is 2.77. The van der Waals surface area contributed by atoms with Gasteiger partial charge in [-0.25, -0.2) is 4.79 Å². The number of carbonyl (C=O) groups is 1. The van der Waals surface area contributed by atoms with Gasteiger partial charge in [-0.15, -0.1) is 0 Å². The Morgan fingerprint density at radius 2 is 1.77 bits per heavy atom. The Morgan fingerprint density at radius 1 is 0.967 bits per heavy atom. The normalized spacial score (nSPS) is 14.3. The maximum absolute atomic E-state index is 12.0. The Kier molecular flexibility index (Phi) is 4.48. The molecule has 0 atom stereocenters. The molecule has 0 bridgehead atoms. The molecule has 30 heavy (non-hydrogen) atoms. The minimum Gasteiger partial charge on any atom is -0.478 e. The fraction of sp³-hybridized carbons (Fsp3) is 0.167. The van der Waals surface area contributed by atoms with E-state index in [1.807, 2.05) is 24.3 Å². The lowest BCUT2D eigenvalue weighted by Gasteiger charge is -2.29. The quantitative estimate of drug-likeness (QED) is 0.511. The first-order chi connectivity index (χ1) is 14.6. The SMILES string of the molecule is O=C(O)c1ccccc1-c1c2ccc(=O)cc-2oc2cc(N3CCNCC3)ccc12. The Labute approximate surface area is 172 Å². The lowest BCUT2D eigenvalue weighted by atomic mass is 9.90. The third-order valence-electron chi connectivity index (χ3n) is 5.59. The van der Waals surface area contributed by atoms with Crippen LogP contribution in [0.3, 0.4) is 0 Å². The van der Waals surface area contributed by atoms with Crippen molar-refractivity contribution in [3.05, 3.63) is 76.5 Å². The summed E-state index contributed by atoms with van der Waals surface area (Å²) >= 11 is 0.